The number of amides is 1. The van der Waals surface area contributed by atoms with Gasteiger partial charge in [-0.2, -0.15) is 0 Å². The Hall–Kier alpha value is -2.85. The smallest absolute Gasteiger partial charge is 0.295 e. The summed E-state index contributed by atoms with van der Waals surface area (Å²) in [4.78, 5) is 26.3. The van der Waals surface area contributed by atoms with Gasteiger partial charge < -0.3 is 14.6 Å². The molecule has 0 atom stereocenters. The maximum absolute atomic E-state index is 12.8. The Labute approximate surface area is 166 Å². The highest BCUT2D eigenvalue weighted by Gasteiger charge is 2.19. The second-order valence-electron chi connectivity index (χ2n) is 6.62. The topological polar surface area (TPSA) is 99.4 Å². The van der Waals surface area contributed by atoms with Crippen molar-refractivity contribution in [1.82, 2.24) is 19.6 Å². The average Bonchev–Trinajstić information content (AvgIpc) is 3.18. The SMILES string of the molecule is Cc1c(NC(=O)CSc2nnc(C[NH+](C)C)o2)c(=O)n(-c2ccccc2)n1C. The van der Waals surface area contributed by atoms with Crippen LogP contribution in [0.2, 0.25) is 0 Å². The fourth-order valence-corrected chi connectivity index (χ4v) is 3.27. The Kier molecular flexibility index (Phi) is 6.00. The molecule has 3 rings (SSSR count). The van der Waals surface area contributed by atoms with Gasteiger partial charge in [0, 0.05) is 7.05 Å². The Bertz CT molecular complexity index is 1020. The second kappa shape index (κ2) is 8.44. The van der Waals surface area contributed by atoms with Crippen LogP contribution in [0.5, 0.6) is 0 Å². The first-order valence-corrected chi connectivity index (χ1v) is 9.73. The van der Waals surface area contributed by atoms with Crippen LogP contribution in [0.4, 0.5) is 5.69 Å². The van der Waals surface area contributed by atoms with Crippen LogP contribution in [-0.2, 0) is 18.4 Å². The Balaban J connectivity index is 1.69. The van der Waals surface area contributed by atoms with Gasteiger partial charge in [0.1, 0.15) is 5.69 Å². The molecule has 3 aromatic rings. The zero-order valence-corrected chi connectivity index (χ0v) is 17.0. The summed E-state index contributed by atoms with van der Waals surface area (Å²) in [6, 6.07) is 9.27. The van der Waals surface area contributed by atoms with Crippen molar-refractivity contribution in [2.45, 2.75) is 18.7 Å². The first-order valence-electron chi connectivity index (χ1n) is 8.75. The zero-order chi connectivity index (χ0) is 20.3. The monoisotopic (exact) mass is 403 g/mol. The lowest BCUT2D eigenvalue weighted by atomic mass is 10.3. The van der Waals surface area contributed by atoms with Gasteiger partial charge in [-0.15, -0.1) is 10.2 Å². The zero-order valence-electron chi connectivity index (χ0n) is 16.2. The number of nitrogens with zero attached hydrogens (tertiary/aromatic N) is 4. The molecule has 0 unspecified atom stereocenters. The third kappa shape index (κ3) is 4.34. The number of quaternary nitrogens is 1. The predicted octanol–water partition coefficient (Wildman–Crippen LogP) is 0.243. The predicted molar refractivity (Wildman–Crippen MR) is 106 cm³/mol. The van der Waals surface area contributed by atoms with Crippen molar-refractivity contribution < 1.29 is 14.1 Å². The van der Waals surface area contributed by atoms with Gasteiger partial charge in [0.25, 0.3) is 16.7 Å². The number of para-hydroxylation sites is 1. The highest BCUT2D eigenvalue weighted by Crippen LogP contribution is 2.18. The van der Waals surface area contributed by atoms with Gasteiger partial charge in [-0.3, -0.25) is 14.3 Å². The van der Waals surface area contributed by atoms with Gasteiger partial charge in [0.05, 0.1) is 31.2 Å². The molecule has 148 valence electrons. The third-order valence-corrected chi connectivity index (χ3v) is 4.92. The van der Waals surface area contributed by atoms with Crippen molar-refractivity contribution in [2.24, 2.45) is 7.05 Å². The minimum Gasteiger partial charge on any atom is -0.410 e. The van der Waals surface area contributed by atoms with E-state index >= 15 is 0 Å². The molecule has 0 fully saturated rings. The van der Waals surface area contributed by atoms with Crippen molar-refractivity contribution in [1.29, 1.82) is 0 Å². The minimum atomic E-state index is -0.311. The van der Waals surface area contributed by atoms with Crippen LogP contribution in [0.15, 0.2) is 44.8 Å². The molecule has 1 aromatic carbocycles. The fraction of sp³-hybridized carbons (Fsp3) is 0.333. The van der Waals surface area contributed by atoms with Crippen LogP contribution in [0, 0.1) is 6.92 Å². The summed E-state index contributed by atoms with van der Waals surface area (Å²) in [7, 11) is 5.74. The molecule has 0 spiro atoms. The fourth-order valence-electron chi connectivity index (χ4n) is 2.69. The Morgan fingerprint density at radius 1 is 1.25 bits per heavy atom. The molecule has 1 amide bonds. The van der Waals surface area contributed by atoms with Gasteiger partial charge in [-0.1, -0.05) is 30.0 Å². The Morgan fingerprint density at radius 3 is 2.64 bits per heavy atom. The quantitative estimate of drug-likeness (QED) is 0.549. The number of rotatable bonds is 7. The van der Waals surface area contributed by atoms with E-state index in [2.05, 4.69) is 15.5 Å². The van der Waals surface area contributed by atoms with Crippen LogP contribution in [0.25, 0.3) is 5.69 Å². The number of carbonyl (C=O) groups excluding carboxylic acids is 1. The molecule has 0 aliphatic rings. The van der Waals surface area contributed by atoms with E-state index < -0.39 is 0 Å². The molecule has 10 heteroatoms. The number of thioether (sulfide) groups is 1. The lowest BCUT2D eigenvalue weighted by Crippen LogP contribution is -3.04. The number of carbonyl (C=O) groups is 1. The Morgan fingerprint density at radius 2 is 1.96 bits per heavy atom. The van der Waals surface area contributed by atoms with E-state index in [4.69, 9.17) is 4.42 Å². The van der Waals surface area contributed by atoms with Gasteiger partial charge in [-0.25, -0.2) is 4.68 Å². The highest BCUT2D eigenvalue weighted by atomic mass is 32.2. The number of nitrogens with one attached hydrogen (secondary N) is 2. The van der Waals surface area contributed by atoms with Crippen molar-refractivity contribution in [3.8, 4) is 5.69 Å². The number of aromatic nitrogens is 4. The van der Waals surface area contributed by atoms with Crippen LogP contribution >= 0.6 is 11.8 Å². The molecule has 0 aliphatic heterocycles. The molecule has 2 aromatic heterocycles. The van der Waals surface area contributed by atoms with E-state index in [0.29, 0.717) is 23.4 Å². The molecule has 0 saturated carbocycles. The van der Waals surface area contributed by atoms with E-state index in [1.807, 2.05) is 44.4 Å². The molecule has 0 saturated heterocycles. The van der Waals surface area contributed by atoms with Crippen LogP contribution in [-0.4, -0.2) is 45.3 Å². The van der Waals surface area contributed by atoms with Gasteiger partial charge in [0.15, 0.2) is 6.54 Å². The highest BCUT2D eigenvalue weighted by molar-refractivity contribution is 7.99. The van der Waals surface area contributed by atoms with Gasteiger partial charge in [-0.05, 0) is 19.1 Å². The largest absolute Gasteiger partial charge is 0.410 e. The van der Waals surface area contributed by atoms with Crippen molar-refractivity contribution >= 4 is 23.4 Å². The first kappa shape index (κ1) is 19.9. The average molecular weight is 403 g/mol. The molecule has 0 radical (unpaired) electrons. The molecule has 2 N–H and O–H groups in total. The summed E-state index contributed by atoms with van der Waals surface area (Å²) in [6.07, 6.45) is 0. The molecule has 0 bridgehead atoms. The summed E-state index contributed by atoms with van der Waals surface area (Å²) >= 11 is 1.14. The third-order valence-electron chi connectivity index (χ3n) is 4.10. The standard InChI is InChI=1S/C18H22N6O3S/c1-12-16(17(26)24(23(12)4)13-8-6-5-7-9-13)19-14(25)11-28-18-21-20-15(27-18)10-22(2)3/h5-9H,10-11H2,1-4H3,(H,19,25)/p+1. The molecule has 0 aliphatic carbocycles. The normalized spacial score (nSPS) is 11.2. The van der Waals surface area contributed by atoms with Crippen LogP contribution < -0.4 is 15.8 Å². The summed E-state index contributed by atoms with van der Waals surface area (Å²) in [6.45, 7) is 2.40. The van der Waals surface area contributed by atoms with Crippen molar-refractivity contribution in [3.63, 3.8) is 0 Å². The van der Waals surface area contributed by atoms with E-state index in [0.717, 1.165) is 22.3 Å². The molecule has 28 heavy (non-hydrogen) atoms. The lowest BCUT2D eigenvalue weighted by molar-refractivity contribution is -0.874. The number of benzene rings is 1. The van der Waals surface area contributed by atoms with Crippen LogP contribution in [0.1, 0.15) is 11.6 Å². The molecule has 2 heterocycles. The van der Waals surface area contributed by atoms with E-state index in [-0.39, 0.29) is 22.9 Å². The van der Waals surface area contributed by atoms with E-state index in [9.17, 15) is 9.59 Å². The second-order valence-corrected chi connectivity index (χ2v) is 7.55. The van der Waals surface area contributed by atoms with Crippen molar-refractivity contribution in [3.05, 3.63) is 52.3 Å². The molecular weight excluding hydrogens is 380 g/mol. The number of hydrogen-bond donors (Lipinski definition) is 2. The van der Waals surface area contributed by atoms with Crippen LogP contribution in [0.3, 0.4) is 0 Å². The summed E-state index contributed by atoms with van der Waals surface area (Å²) in [5, 5.41) is 10.9. The van der Waals surface area contributed by atoms with Gasteiger partial charge >= 0.3 is 0 Å². The first-order chi connectivity index (χ1) is 13.4. The number of anilines is 1. The summed E-state index contributed by atoms with van der Waals surface area (Å²) in [5.41, 5.74) is 1.38. The molecular formula is C18H23N6O3S+. The van der Waals surface area contributed by atoms with E-state index in [1.165, 1.54) is 4.68 Å². The van der Waals surface area contributed by atoms with Crippen molar-refractivity contribution in [2.75, 3.05) is 25.2 Å². The summed E-state index contributed by atoms with van der Waals surface area (Å²) < 4.78 is 8.73. The van der Waals surface area contributed by atoms with Gasteiger partial charge in [0.2, 0.25) is 5.91 Å². The maximum atomic E-state index is 12.8. The maximum Gasteiger partial charge on any atom is 0.295 e. The van der Waals surface area contributed by atoms with E-state index in [1.54, 1.807) is 18.7 Å². The summed E-state index contributed by atoms with van der Waals surface area (Å²) in [5.74, 6) is 0.275. The number of hydrogen-bond acceptors (Lipinski definition) is 6. The minimum absolute atomic E-state index is 0.0650. The lowest BCUT2D eigenvalue weighted by Gasteiger charge is -2.07. The molecule has 9 nitrogen and oxygen atoms in total.